The third-order valence-electron chi connectivity index (χ3n) is 3.82. The summed E-state index contributed by atoms with van der Waals surface area (Å²) in [6, 6.07) is 8.20. The maximum Gasteiger partial charge on any atom is 0.152 e. The molecule has 2 rings (SSSR count). The summed E-state index contributed by atoms with van der Waals surface area (Å²) in [5, 5.41) is 5.27. The van der Waals surface area contributed by atoms with Crippen molar-refractivity contribution in [2.75, 3.05) is 6.54 Å². The van der Waals surface area contributed by atoms with E-state index in [0.717, 1.165) is 23.3 Å². The molecular formula is C16H22ClNO. The highest BCUT2D eigenvalue weighted by molar-refractivity contribution is 6.34. The highest BCUT2D eigenvalue weighted by atomic mass is 35.5. The van der Waals surface area contributed by atoms with Crippen molar-refractivity contribution in [3.8, 4) is 0 Å². The molecule has 1 aromatic heterocycles. The second-order valence-electron chi connectivity index (χ2n) is 5.45. The van der Waals surface area contributed by atoms with E-state index in [9.17, 15) is 0 Å². The van der Waals surface area contributed by atoms with Crippen LogP contribution in [0.3, 0.4) is 0 Å². The third kappa shape index (κ3) is 2.96. The molecule has 0 bridgehead atoms. The van der Waals surface area contributed by atoms with Crippen molar-refractivity contribution in [1.82, 2.24) is 5.32 Å². The summed E-state index contributed by atoms with van der Waals surface area (Å²) in [6.07, 6.45) is 0. The Balaban J connectivity index is 2.41. The first-order valence-electron chi connectivity index (χ1n) is 6.96. The minimum atomic E-state index is 0.230. The van der Waals surface area contributed by atoms with E-state index >= 15 is 0 Å². The van der Waals surface area contributed by atoms with Gasteiger partial charge in [-0.2, -0.15) is 0 Å². The van der Waals surface area contributed by atoms with E-state index in [2.05, 4.69) is 39.1 Å². The zero-order chi connectivity index (χ0) is 14.0. The van der Waals surface area contributed by atoms with Gasteiger partial charge in [-0.25, -0.2) is 0 Å². The standard InChI is InChI=1S/C16H22ClNO/c1-5-18-15(11(4)10(2)3)14-9-12-7-6-8-13(17)16(12)19-14/h6-11,15,18H,5H2,1-4H3. The lowest BCUT2D eigenvalue weighted by atomic mass is 9.89. The van der Waals surface area contributed by atoms with Gasteiger partial charge in [-0.05, 0) is 30.5 Å². The summed E-state index contributed by atoms with van der Waals surface area (Å²) < 4.78 is 5.99. The Kier molecular flexibility index (Phi) is 4.54. The molecule has 104 valence electrons. The summed E-state index contributed by atoms with van der Waals surface area (Å²) in [6.45, 7) is 9.78. The largest absolute Gasteiger partial charge is 0.458 e. The number of fused-ring (bicyclic) bond motifs is 1. The van der Waals surface area contributed by atoms with E-state index in [4.69, 9.17) is 16.0 Å². The zero-order valence-electron chi connectivity index (χ0n) is 12.0. The molecule has 0 amide bonds. The van der Waals surface area contributed by atoms with Crippen LogP contribution in [-0.2, 0) is 0 Å². The van der Waals surface area contributed by atoms with Crippen LogP contribution in [0.1, 0.15) is 39.5 Å². The molecule has 1 N–H and O–H groups in total. The number of halogens is 1. The summed E-state index contributed by atoms with van der Waals surface area (Å²) in [4.78, 5) is 0. The van der Waals surface area contributed by atoms with Gasteiger partial charge in [-0.15, -0.1) is 0 Å². The average molecular weight is 280 g/mol. The molecule has 2 unspecified atom stereocenters. The Bertz CT molecular complexity index is 547. The molecule has 0 aliphatic carbocycles. The Labute approximate surface area is 120 Å². The molecule has 2 atom stereocenters. The molecule has 0 saturated carbocycles. The van der Waals surface area contributed by atoms with Gasteiger partial charge in [0.1, 0.15) is 5.76 Å². The molecule has 2 aromatic rings. The van der Waals surface area contributed by atoms with Crippen molar-refractivity contribution < 1.29 is 4.42 Å². The van der Waals surface area contributed by atoms with Gasteiger partial charge in [0.2, 0.25) is 0 Å². The van der Waals surface area contributed by atoms with Gasteiger partial charge in [-0.3, -0.25) is 0 Å². The lowest BCUT2D eigenvalue weighted by Gasteiger charge is -2.25. The van der Waals surface area contributed by atoms with Crippen LogP contribution < -0.4 is 5.32 Å². The van der Waals surface area contributed by atoms with Crippen LogP contribution in [0.5, 0.6) is 0 Å². The van der Waals surface area contributed by atoms with E-state index in [1.165, 1.54) is 0 Å². The molecule has 0 radical (unpaired) electrons. The van der Waals surface area contributed by atoms with Crippen LogP contribution in [0.25, 0.3) is 11.0 Å². The van der Waals surface area contributed by atoms with Crippen molar-refractivity contribution in [2.24, 2.45) is 11.8 Å². The minimum absolute atomic E-state index is 0.230. The van der Waals surface area contributed by atoms with Crippen molar-refractivity contribution >= 4 is 22.6 Å². The second kappa shape index (κ2) is 5.98. The van der Waals surface area contributed by atoms with Gasteiger partial charge in [0.05, 0.1) is 11.1 Å². The summed E-state index contributed by atoms with van der Waals surface area (Å²) >= 11 is 6.18. The van der Waals surface area contributed by atoms with Crippen LogP contribution in [0.15, 0.2) is 28.7 Å². The molecule has 0 aliphatic rings. The van der Waals surface area contributed by atoms with Crippen molar-refractivity contribution in [2.45, 2.75) is 33.7 Å². The van der Waals surface area contributed by atoms with Crippen LogP contribution in [0, 0.1) is 11.8 Å². The summed E-state index contributed by atoms with van der Waals surface area (Å²) in [5.41, 5.74) is 0.790. The van der Waals surface area contributed by atoms with E-state index < -0.39 is 0 Å². The highest BCUT2D eigenvalue weighted by Gasteiger charge is 2.24. The maximum atomic E-state index is 6.18. The second-order valence-corrected chi connectivity index (χ2v) is 5.85. The molecule has 0 aliphatic heterocycles. The van der Waals surface area contributed by atoms with E-state index in [1.54, 1.807) is 0 Å². The summed E-state index contributed by atoms with van der Waals surface area (Å²) in [7, 11) is 0. The number of para-hydroxylation sites is 1. The third-order valence-corrected chi connectivity index (χ3v) is 4.12. The Morgan fingerprint density at radius 2 is 2.00 bits per heavy atom. The molecule has 1 aromatic carbocycles. The highest BCUT2D eigenvalue weighted by Crippen LogP contribution is 2.34. The van der Waals surface area contributed by atoms with Gasteiger partial charge in [-0.1, -0.05) is 51.4 Å². The fourth-order valence-corrected chi connectivity index (χ4v) is 2.57. The van der Waals surface area contributed by atoms with Crippen molar-refractivity contribution in [1.29, 1.82) is 0 Å². The van der Waals surface area contributed by atoms with Gasteiger partial charge in [0.15, 0.2) is 5.58 Å². The number of hydrogen-bond donors (Lipinski definition) is 1. The molecule has 1 heterocycles. The Morgan fingerprint density at radius 1 is 1.26 bits per heavy atom. The first kappa shape index (κ1) is 14.4. The van der Waals surface area contributed by atoms with E-state index in [1.807, 2.05) is 18.2 Å². The molecule has 19 heavy (non-hydrogen) atoms. The number of furan rings is 1. The smallest absolute Gasteiger partial charge is 0.152 e. The molecule has 0 spiro atoms. The van der Waals surface area contributed by atoms with Gasteiger partial charge in [0, 0.05) is 5.39 Å². The fourth-order valence-electron chi connectivity index (χ4n) is 2.35. The normalized spacial score (nSPS) is 15.1. The van der Waals surface area contributed by atoms with Crippen LogP contribution in [-0.4, -0.2) is 6.54 Å². The SMILES string of the molecule is CCNC(c1cc2cccc(Cl)c2o1)C(C)C(C)C. The minimum Gasteiger partial charge on any atom is -0.458 e. The van der Waals surface area contributed by atoms with Gasteiger partial charge in [0.25, 0.3) is 0 Å². The predicted molar refractivity (Wildman–Crippen MR) is 81.6 cm³/mol. The summed E-state index contributed by atoms with van der Waals surface area (Å²) in [5.74, 6) is 2.07. The van der Waals surface area contributed by atoms with Crippen LogP contribution in [0.2, 0.25) is 5.02 Å². The van der Waals surface area contributed by atoms with Crippen molar-refractivity contribution in [3.05, 3.63) is 35.0 Å². The molecule has 2 nitrogen and oxygen atoms in total. The lowest BCUT2D eigenvalue weighted by Crippen LogP contribution is -2.29. The molecule has 0 fully saturated rings. The van der Waals surface area contributed by atoms with Gasteiger partial charge >= 0.3 is 0 Å². The van der Waals surface area contributed by atoms with Gasteiger partial charge < -0.3 is 9.73 Å². The first-order valence-corrected chi connectivity index (χ1v) is 7.33. The molecule has 0 saturated heterocycles. The molecular weight excluding hydrogens is 258 g/mol. The molecule has 3 heteroatoms. The van der Waals surface area contributed by atoms with Crippen LogP contribution >= 0.6 is 11.6 Å². The van der Waals surface area contributed by atoms with Crippen molar-refractivity contribution in [3.63, 3.8) is 0 Å². The average Bonchev–Trinajstić information content (AvgIpc) is 2.80. The Morgan fingerprint density at radius 3 is 2.58 bits per heavy atom. The number of hydrogen-bond acceptors (Lipinski definition) is 2. The number of rotatable bonds is 5. The zero-order valence-corrected chi connectivity index (χ0v) is 12.8. The quantitative estimate of drug-likeness (QED) is 0.830. The monoisotopic (exact) mass is 279 g/mol. The lowest BCUT2D eigenvalue weighted by molar-refractivity contribution is 0.275. The number of nitrogens with one attached hydrogen (secondary N) is 1. The topological polar surface area (TPSA) is 25.2 Å². The first-order chi connectivity index (χ1) is 9.04. The number of benzene rings is 1. The van der Waals surface area contributed by atoms with Crippen LogP contribution in [0.4, 0.5) is 0 Å². The predicted octanol–water partition coefficient (Wildman–Crippen LogP) is 5.03. The fraction of sp³-hybridized carbons (Fsp3) is 0.500. The van der Waals surface area contributed by atoms with E-state index in [0.29, 0.717) is 16.9 Å². The Hall–Kier alpha value is -0.990. The maximum absolute atomic E-state index is 6.18. The van der Waals surface area contributed by atoms with E-state index in [-0.39, 0.29) is 6.04 Å².